The van der Waals surface area contributed by atoms with Gasteiger partial charge in [0, 0.05) is 41.5 Å². The van der Waals surface area contributed by atoms with Crippen molar-refractivity contribution in [1.29, 1.82) is 5.41 Å². The number of halogens is 1. The summed E-state index contributed by atoms with van der Waals surface area (Å²) in [6, 6.07) is 14.2. The van der Waals surface area contributed by atoms with Gasteiger partial charge in [-0.2, -0.15) is 0 Å². The van der Waals surface area contributed by atoms with E-state index in [1.54, 1.807) is 35.2 Å². The summed E-state index contributed by atoms with van der Waals surface area (Å²) in [5.41, 5.74) is 1.35. The molecule has 2 N–H and O–H groups in total. The zero-order valence-corrected chi connectivity index (χ0v) is 20.8. The summed E-state index contributed by atoms with van der Waals surface area (Å²) in [6.45, 7) is 2.57. The fourth-order valence-corrected chi connectivity index (χ4v) is 8.28. The summed E-state index contributed by atoms with van der Waals surface area (Å²) >= 11 is 7.30. The highest BCUT2D eigenvalue weighted by molar-refractivity contribution is 7.93. The fourth-order valence-electron chi connectivity index (χ4n) is 4.60. The van der Waals surface area contributed by atoms with Crippen LogP contribution in [0.1, 0.15) is 29.3 Å². The average Bonchev–Trinajstić information content (AvgIpc) is 3.49. The van der Waals surface area contributed by atoms with Crippen LogP contribution in [0.15, 0.2) is 52.7 Å². The minimum Gasteiger partial charge on any atom is -0.357 e. The molecule has 0 aliphatic carbocycles. The summed E-state index contributed by atoms with van der Waals surface area (Å²) in [5.74, 6) is 0.268. The van der Waals surface area contributed by atoms with E-state index in [1.165, 1.54) is 11.3 Å². The SMILES string of the molecule is N=C(c1ccc(C(N2CCNC(=O)C2)S(=O)(=O)c2cc3ccc(Cl)cc3s2)cc1)N1CCCC1. The maximum absolute atomic E-state index is 14.0. The second-order valence-corrected chi connectivity index (χ2v) is 12.4. The Balaban J connectivity index is 1.53. The van der Waals surface area contributed by atoms with Crippen LogP contribution in [0.3, 0.4) is 0 Å². The summed E-state index contributed by atoms with van der Waals surface area (Å²) in [4.78, 5) is 15.9. The number of likely N-dealkylation sites (tertiary alicyclic amines) is 1. The number of amides is 1. The van der Waals surface area contributed by atoms with Crippen molar-refractivity contribution >= 4 is 54.6 Å². The van der Waals surface area contributed by atoms with E-state index in [0.29, 0.717) is 29.5 Å². The van der Waals surface area contributed by atoms with Gasteiger partial charge in [0.05, 0.1) is 6.54 Å². The molecule has 10 heteroatoms. The van der Waals surface area contributed by atoms with Crippen LogP contribution in [-0.2, 0) is 14.6 Å². The van der Waals surface area contributed by atoms with Gasteiger partial charge in [-0.1, -0.05) is 41.9 Å². The van der Waals surface area contributed by atoms with E-state index in [2.05, 4.69) is 5.32 Å². The number of thiophene rings is 1. The normalized spacial score (nSPS) is 18.3. The van der Waals surface area contributed by atoms with Gasteiger partial charge >= 0.3 is 0 Å². The Kier molecular flexibility index (Phi) is 6.37. The van der Waals surface area contributed by atoms with E-state index >= 15 is 0 Å². The van der Waals surface area contributed by atoms with Crippen LogP contribution in [-0.4, -0.2) is 62.7 Å². The molecule has 1 unspecified atom stereocenters. The highest BCUT2D eigenvalue weighted by atomic mass is 35.5. The minimum atomic E-state index is -3.84. The molecule has 5 rings (SSSR count). The first-order chi connectivity index (χ1) is 16.3. The summed E-state index contributed by atoms with van der Waals surface area (Å²) < 4.78 is 29.0. The predicted octanol–water partition coefficient (Wildman–Crippen LogP) is 3.88. The summed E-state index contributed by atoms with van der Waals surface area (Å²) in [7, 11) is -3.84. The number of hydrogen-bond acceptors (Lipinski definition) is 6. The Labute approximate surface area is 207 Å². The number of carbonyl (C=O) groups excluding carboxylic acids is 1. The molecule has 2 aliphatic heterocycles. The molecule has 2 fully saturated rings. The number of benzene rings is 2. The van der Waals surface area contributed by atoms with Crippen molar-refractivity contribution in [2.45, 2.75) is 22.4 Å². The summed E-state index contributed by atoms with van der Waals surface area (Å²) in [6.07, 6.45) is 2.16. The molecule has 1 amide bonds. The highest BCUT2D eigenvalue weighted by Gasteiger charge is 2.38. The molecule has 0 radical (unpaired) electrons. The number of nitrogens with zero attached hydrogens (tertiary/aromatic N) is 2. The van der Waals surface area contributed by atoms with Crippen LogP contribution in [0.4, 0.5) is 0 Å². The molecule has 1 aromatic heterocycles. The van der Waals surface area contributed by atoms with Gasteiger partial charge in [0.15, 0.2) is 0 Å². The molecule has 2 saturated heterocycles. The van der Waals surface area contributed by atoms with Crippen molar-refractivity contribution in [3.05, 3.63) is 64.7 Å². The highest BCUT2D eigenvalue weighted by Crippen LogP contribution is 2.39. The first kappa shape index (κ1) is 23.3. The lowest BCUT2D eigenvalue weighted by atomic mass is 10.1. The van der Waals surface area contributed by atoms with E-state index in [9.17, 15) is 13.2 Å². The van der Waals surface area contributed by atoms with Crippen LogP contribution in [0.2, 0.25) is 5.02 Å². The van der Waals surface area contributed by atoms with Gasteiger partial charge in [-0.3, -0.25) is 15.1 Å². The van der Waals surface area contributed by atoms with E-state index in [-0.39, 0.29) is 16.7 Å². The quantitative estimate of drug-likeness (QED) is 0.396. The van der Waals surface area contributed by atoms with Gasteiger partial charge in [-0.15, -0.1) is 11.3 Å². The number of fused-ring (bicyclic) bond motifs is 1. The van der Waals surface area contributed by atoms with Crippen LogP contribution in [0, 0.1) is 5.41 Å². The van der Waals surface area contributed by atoms with Gasteiger partial charge in [0.25, 0.3) is 0 Å². The minimum absolute atomic E-state index is 0.00592. The van der Waals surface area contributed by atoms with Crippen LogP contribution >= 0.6 is 22.9 Å². The second kappa shape index (κ2) is 9.30. The van der Waals surface area contributed by atoms with Crippen LogP contribution < -0.4 is 5.32 Å². The second-order valence-electron chi connectivity index (χ2n) is 8.63. The van der Waals surface area contributed by atoms with Gasteiger partial charge in [-0.25, -0.2) is 8.42 Å². The number of carbonyl (C=O) groups is 1. The molecule has 0 bridgehead atoms. The monoisotopic (exact) mass is 516 g/mol. The number of hydrogen-bond donors (Lipinski definition) is 2. The number of piperazine rings is 1. The molecule has 0 spiro atoms. The molecule has 1 atom stereocenters. The molecule has 0 saturated carbocycles. The molecule has 7 nitrogen and oxygen atoms in total. The van der Waals surface area contributed by atoms with Gasteiger partial charge in [-0.05, 0) is 42.0 Å². The van der Waals surface area contributed by atoms with E-state index in [1.807, 2.05) is 23.1 Å². The Hall–Kier alpha value is -2.46. The zero-order chi connectivity index (χ0) is 23.9. The van der Waals surface area contributed by atoms with Gasteiger partial charge in [0.2, 0.25) is 15.7 Å². The molecule has 2 aromatic carbocycles. The van der Waals surface area contributed by atoms with Crippen molar-refractivity contribution in [3.63, 3.8) is 0 Å². The summed E-state index contributed by atoms with van der Waals surface area (Å²) in [5, 5.41) is 11.6. The van der Waals surface area contributed by atoms with E-state index < -0.39 is 15.2 Å². The van der Waals surface area contributed by atoms with E-state index in [0.717, 1.165) is 41.6 Å². The predicted molar refractivity (Wildman–Crippen MR) is 135 cm³/mol. The van der Waals surface area contributed by atoms with Crippen molar-refractivity contribution in [3.8, 4) is 0 Å². The molecule has 178 valence electrons. The van der Waals surface area contributed by atoms with Gasteiger partial charge in [0.1, 0.15) is 15.4 Å². The third-order valence-corrected chi connectivity index (χ3v) is 10.2. The maximum Gasteiger partial charge on any atom is 0.234 e. The molecular weight excluding hydrogens is 492 g/mol. The zero-order valence-electron chi connectivity index (χ0n) is 18.5. The average molecular weight is 517 g/mol. The lowest BCUT2D eigenvalue weighted by molar-refractivity contribution is -0.124. The molecule has 34 heavy (non-hydrogen) atoms. The standard InChI is InChI=1S/C24H25ClN4O3S2/c25-19-8-7-18-13-22(33-20(18)14-19)34(31,32)24(29-12-9-27-21(30)15-29)17-5-3-16(4-6-17)23(26)28-10-1-2-11-28/h3-8,13-14,24,26H,1-2,9-12,15H2,(H,27,30). The van der Waals surface area contributed by atoms with Crippen molar-refractivity contribution in [1.82, 2.24) is 15.1 Å². The smallest absolute Gasteiger partial charge is 0.234 e. The lowest BCUT2D eigenvalue weighted by Gasteiger charge is -2.33. The number of nitrogens with one attached hydrogen (secondary N) is 2. The fraction of sp³-hybridized carbons (Fsp3) is 0.333. The van der Waals surface area contributed by atoms with Crippen LogP contribution in [0.5, 0.6) is 0 Å². The molecular formula is C24H25ClN4O3S2. The van der Waals surface area contributed by atoms with E-state index in [4.69, 9.17) is 17.0 Å². The lowest BCUT2D eigenvalue weighted by Crippen LogP contribution is -2.50. The number of sulfone groups is 1. The first-order valence-electron chi connectivity index (χ1n) is 11.2. The molecule has 2 aliphatic rings. The Morgan fingerprint density at radius 3 is 2.50 bits per heavy atom. The first-order valence-corrected chi connectivity index (χ1v) is 13.9. The van der Waals surface area contributed by atoms with Crippen molar-refractivity contribution in [2.75, 3.05) is 32.7 Å². The Morgan fingerprint density at radius 1 is 1.06 bits per heavy atom. The Morgan fingerprint density at radius 2 is 1.79 bits per heavy atom. The van der Waals surface area contributed by atoms with Crippen molar-refractivity contribution in [2.24, 2.45) is 0 Å². The largest absolute Gasteiger partial charge is 0.357 e. The van der Waals surface area contributed by atoms with Crippen LogP contribution in [0.25, 0.3) is 10.1 Å². The third-order valence-electron chi connectivity index (χ3n) is 6.32. The third kappa shape index (κ3) is 4.45. The molecule has 3 aromatic rings. The maximum atomic E-state index is 14.0. The number of rotatable bonds is 5. The van der Waals surface area contributed by atoms with Gasteiger partial charge < -0.3 is 10.2 Å². The Bertz CT molecular complexity index is 1350. The number of amidine groups is 1. The molecule has 3 heterocycles. The topological polar surface area (TPSA) is 93.6 Å². The van der Waals surface area contributed by atoms with Crippen molar-refractivity contribution < 1.29 is 13.2 Å².